The van der Waals surface area contributed by atoms with E-state index in [9.17, 15) is 19.7 Å². The Morgan fingerprint density at radius 3 is 2.56 bits per heavy atom. The van der Waals surface area contributed by atoms with Gasteiger partial charge in [0.2, 0.25) is 0 Å². The number of H-pyrrole nitrogens is 1. The number of nitrogens with zero attached hydrogens (tertiary/aromatic N) is 2. The Hall–Kier alpha value is -3.32. The highest BCUT2D eigenvalue weighted by Gasteiger charge is 2.21. The minimum Gasteiger partial charge on any atom is -0.493 e. The molecule has 0 unspecified atom stereocenters. The van der Waals surface area contributed by atoms with Crippen molar-refractivity contribution in [2.45, 2.75) is 20.3 Å². The fourth-order valence-electron chi connectivity index (χ4n) is 2.34. The molecule has 0 fully saturated rings. The first kappa shape index (κ1) is 18.0. The van der Waals surface area contributed by atoms with E-state index < -0.39 is 11.4 Å². The molecule has 7 heteroatoms. The van der Waals surface area contributed by atoms with Crippen LogP contribution in [-0.4, -0.2) is 11.6 Å². The highest BCUT2D eigenvalue weighted by molar-refractivity contribution is 5.83. The van der Waals surface area contributed by atoms with Crippen LogP contribution in [0.25, 0.3) is 11.1 Å². The van der Waals surface area contributed by atoms with Gasteiger partial charge in [0, 0.05) is 11.1 Å². The molecule has 25 heavy (non-hydrogen) atoms. The summed E-state index contributed by atoms with van der Waals surface area (Å²) in [4.78, 5) is 14.3. The number of rotatable bonds is 5. The highest BCUT2D eigenvalue weighted by Crippen LogP contribution is 2.35. The SMILES string of the molecule is CC(C)CCOc1ccc(F)cc1-c1c(C#N)c(N)[nH]c(=O)c1C#N. The molecule has 1 aromatic carbocycles. The van der Waals surface area contributed by atoms with Crippen LogP contribution in [0.5, 0.6) is 5.75 Å². The number of hydrogen-bond acceptors (Lipinski definition) is 5. The molecule has 0 bridgehead atoms. The van der Waals surface area contributed by atoms with Gasteiger partial charge in [0.15, 0.2) is 0 Å². The number of ether oxygens (including phenoxy) is 1. The quantitative estimate of drug-likeness (QED) is 0.868. The Bertz CT molecular complexity index is 936. The lowest BCUT2D eigenvalue weighted by Crippen LogP contribution is -2.16. The molecule has 0 radical (unpaired) electrons. The number of nitrogens with one attached hydrogen (secondary N) is 1. The maximum atomic E-state index is 13.8. The maximum absolute atomic E-state index is 13.8. The molecular formula is C18H17FN4O2. The second-order valence-corrected chi connectivity index (χ2v) is 5.89. The Morgan fingerprint density at radius 1 is 1.28 bits per heavy atom. The van der Waals surface area contributed by atoms with Crippen LogP contribution >= 0.6 is 0 Å². The molecule has 0 saturated carbocycles. The van der Waals surface area contributed by atoms with Gasteiger partial charge in [0.25, 0.3) is 5.56 Å². The van der Waals surface area contributed by atoms with Crippen LogP contribution in [0.3, 0.4) is 0 Å². The predicted molar refractivity (Wildman–Crippen MR) is 91.2 cm³/mol. The average Bonchev–Trinajstić information content (AvgIpc) is 2.55. The summed E-state index contributed by atoms with van der Waals surface area (Å²) in [5, 5.41) is 18.7. The predicted octanol–water partition coefficient (Wildman–Crippen LogP) is 2.93. The van der Waals surface area contributed by atoms with Gasteiger partial charge in [-0.05, 0) is 30.5 Å². The minimum atomic E-state index is -0.744. The smallest absolute Gasteiger partial charge is 0.268 e. The van der Waals surface area contributed by atoms with Gasteiger partial charge in [0.05, 0.1) is 6.61 Å². The van der Waals surface area contributed by atoms with Crippen LogP contribution < -0.4 is 16.0 Å². The minimum absolute atomic E-state index is 0.0229. The topological polar surface area (TPSA) is 116 Å². The summed E-state index contributed by atoms with van der Waals surface area (Å²) >= 11 is 0. The molecule has 128 valence electrons. The van der Waals surface area contributed by atoms with E-state index in [2.05, 4.69) is 4.98 Å². The Kier molecular flexibility index (Phi) is 5.41. The van der Waals surface area contributed by atoms with Gasteiger partial charge in [-0.15, -0.1) is 0 Å². The third-order valence-corrected chi connectivity index (χ3v) is 3.63. The van der Waals surface area contributed by atoms with Gasteiger partial charge in [0.1, 0.15) is 40.6 Å². The lowest BCUT2D eigenvalue weighted by Gasteiger charge is -2.15. The number of benzene rings is 1. The normalized spacial score (nSPS) is 10.3. The lowest BCUT2D eigenvalue weighted by atomic mass is 9.95. The van der Waals surface area contributed by atoms with Crippen molar-refractivity contribution in [3.05, 3.63) is 45.5 Å². The second-order valence-electron chi connectivity index (χ2n) is 5.89. The van der Waals surface area contributed by atoms with Crippen molar-refractivity contribution >= 4 is 5.82 Å². The highest BCUT2D eigenvalue weighted by atomic mass is 19.1. The molecule has 0 atom stereocenters. The van der Waals surface area contributed by atoms with Crippen LogP contribution in [0.4, 0.5) is 10.2 Å². The number of anilines is 1. The van der Waals surface area contributed by atoms with E-state index in [-0.39, 0.29) is 33.8 Å². The molecular weight excluding hydrogens is 323 g/mol. The number of pyridine rings is 1. The number of nitrogens with two attached hydrogens (primary N) is 1. The molecule has 0 aliphatic rings. The Morgan fingerprint density at radius 2 is 1.96 bits per heavy atom. The monoisotopic (exact) mass is 340 g/mol. The zero-order valence-electron chi connectivity index (χ0n) is 13.9. The van der Waals surface area contributed by atoms with Gasteiger partial charge >= 0.3 is 0 Å². The van der Waals surface area contributed by atoms with Crippen molar-refractivity contribution in [2.24, 2.45) is 5.92 Å². The number of hydrogen-bond donors (Lipinski definition) is 2. The number of halogens is 1. The van der Waals surface area contributed by atoms with Crippen molar-refractivity contribution in [3.63, 3.8) is 0 Å². The number of aromatic amines is 1. The maximum Gasteiger partial charge on any atom is 0.268 e. The number of aromatic nitrogens is 1. The van der Waals surface area contributed by atoms with Crippen LogP contribution in [-0.2, 0) is 0 Å². The van der Waals surface area contributed by atoms with E-state index in [1.807, 2.05) is 19.9 Å². The van der Waals surface area contributed by atoms with E-state index in [0.717, 1.165) is 12.5 Å². The van der Waals surface area contributed by atoms with Gasteiger partial charge < -0.3 is 15.5 Å². The van der Waals surface area contributed by atoms with E-state index in [0.29, 0.717) is 12.5 Å². The van der Waals surface area contributed by atoms with Crippen molar-refractivity contribution in [2.75, 3.05) is 12.3 Å². The van der Waals surface area contributed by atoms with Crippen LogP contribution in [0.1, 0.15) is 31.4 Å². The van der Waals surface area contributed by atoms with Gasteiger partial charge in [-0.2, -0.15) is 10.5 Å². The van der Waals surface area contributed by atoms with E-state index in [4.69, 9.17) is 10.5 Å². The van der Waals surface area contributed by atoms with Gasteiger partial charge in [-0.25, -0.2) is 4.39 Å². The molecule has 3 N–H and O–H groups in total. The Balaban J connectivity index is 2.70. The first-order valence-corrected chi connectivity index (χ1v) is 7.67. The summed E-state index contributed by atoms with van der Waals surface area (Å²) in [6.07, 6.45) is 0.768. The third kappa shape index (κ3) is 3.78. The van der Waals surface area contributed by atoms with Crippen molar-refractivity contribution in [3.8, 4) is 29.0 Å². The van der Waals surface area contributed by atoms with Crippen LogP contribution in [0.2, 0.25) is 0 Å². The summed E-state index contributed by atoms with van der Waals surface area (Å²) in [5.74, 6) is -0.0831. The summed E-state index contributed by atoms with van der Waals surface area (Å²) in [7, 11) is 0. The third-order valence-electron chi connectivity index (χ3n) is 3.63. The average molecular weight is 340 g/mol. The lowest BCUT2D eigenvalue weighted by molar-refractivity contribution is 0.290. The fourth-order valence-corrected chi connectivity index (χ4v) is 2.34. The molecule has 0 amide bonds. The van der Waals surface area contributed by atoms with E-state index >= 15 is 0 Å². The second kappa shape index (κ2) is 7.50. The van der Waals surface area contributed by atoms with Gasteiger partial charge in [-0.1, -0.05) is 13.8 Å². The first-order valence-electron chi connectivity index (χ1n) is 7.67. The molecule has 2 aromatic rings. The molecule has 0 saturated heterocycles. The molecule has 0 aliphatic carbocycles. The summed E-state index contributed by atoms with van der Waals surface area (Å²) in [6.45, 7) is 4.45. The molecule has 1 aromatic heterocycles. The largest absolute Gasteiger partial charge is 0.493 e. The number of nitriles is 2. The zero-order chi connectivity index (χ0) is 18.6. The molecule has 6 nitrogen and oxygen atoms in total. The van der Waals surface area contributed by atoms with Gasteiger partial charge in [-0.3, -0.25) is 4.79 Å². The summed E-state index contributed by atoms with van der Waals surface area (Å²) in [5.41, 5.74) is 4.66. The van der Waals surface area contributed by atoms with Crippen molar-refractivity contribution in [1.82, 2.24) is 4.98 Å². The zero-order valence-corrected chi connectivity index (χ0v) is 13.9. The fraction of sp³-hybridized carbons (Fsp3) is 0.278. The van der Waals surface area contributed by atoms with Crippen molar-refractivity contribution in [1.29, 1.82) is 10.5 Å². The standard InChI is InChI=1S/C18H17FN4O2/c1-10(2)5-6-25-15-4-3-11(19)7-12(15)16-13(8-20)17(22)23-18(24)14(16)9-21/h3-4,7,10H,5-6H2,1-2H3,(H3,22,23,24). The Labute approximate surface area is 144 Å². The first-order chi connectivity index (χ1) is 11.9. The number of nitrogen functional groups attached to an aromatic ring is 1. The molecule has 1 heterocycles. The van der Waals surface area contributed by atoms with E-state index in [1.165, 1.54) is 12.1 Å². The molecule has 2 rings (SSSR count). The van der Waals surface area contributed by atoms with E-state index in [1.54, 1.807) is 6.07 Å². The van der Waals surface area contributed by atoms with Crippen LogP contribution in [0.15, 0.2) is 23.0 Å². The van der Waals surface area contributed by atoms with Crippen molar-refractivity contribution < 1.29 is 9.13 Å². The summed E-state index contributed by atoms with van der Waals surface area (Å²) in [6, 6.07) is 7.36. The summed E-state index contributed by atoms with van der Waals surface area (Å²) < 4.78 is 19.5. The molecule has 0 spiro atoms. The van der Waals surface area contributed by atoms with Crippen LogP contribution in [0, 0.1) is 34.4 Å². The molecule has 0 aliphatic heterocycles.